The zero-order valence-corrected chi connectivity index (χ0v) is 26.9. The summed E-state index contributed by atoms with van der Waals surface area (Å²) in [7, 11) is 0. The number of nitrogens with zero attached hydrogens (tertiary/aromatic N) is 6. The van der Waals surface area contributed by atoms with Crippen molar-refractivity contribution >= 4 is 38.9 Å². The van der Waals surface area contributed by atoms with E-state index in [-0.39, 0.29) is 0 Å². The Balaban J connectivity index is 1.11. The van der Waals surface area contributed by atoms with Crippen molar-refractivity contribution in [3.8, 4) is 45.3 Å². The molecule has 0 amide bonds. The Hall–Kier alpha value is -6.86. The van der Waals surface area contributed by atoms with E-state index < -0.39 is 0 Å². The summed E-state index contributed by atoms with van der Waals surface area (Å²) in [5.74, 6) is 0.855. The second-order valence-corrected chi connectivity index (χ2v) is 12.4. The maximum absolute atomic E-state index is 5.24. The fraction of sp³-hybridized carbons (Fsp3) is 0.0233. The molecule has 236 valence electrons. The average molecular weight is 644 g/mol. The first kappa shape index (κ1) is 28.2. The van der Waals surface area contributed by atoms with E-state index in [1.54, 1.807) is 12.4 Å². The normalized spacial score (nSPS) is 12.4. The zero-order valence-electron chi connectivity index (χ0n) is 26.9. The van der Waals surface area contributed by atoms with Gasteiger partial charge in [0.1, 0.15) is 11.5 Å². The van der Waals surface area contributed by atoms with Crippen LogP contribution in [0.25, 0.3) is 84.2 Å². The molecule has 0 saturated carbocycles. The molecule has 7 heterocycles. The number of nitrogens with one attached hydrogen (secondary N) is 1. The largest absolute Gasteiger partial charge is 0.387 e. The van der Waals surface area contributed by atoms with Crippen molar-refractivity contribution < 1.29 is 0 Å². The van der Waals surface area contributed by atoms with Gasteiger partial charge in [-0.25, -0.2) is 15.0 Å². The van der Waals surface area contributed by atoms with E-state index in [1.165, 1.54) is 16.3 Å². The van der Waals surface area contributed by atoms with Crippen LogP contribution >= 0.6 is 0 Å². The lowest BCUT2D eigenvalue weighted by Gasteiger charge is -2.14. The first-order chi connectivity index (χ1) is 24.8. The van der Waals surface area contributed by atoms with E-state index in [4.69, 9.17) is 15.0 Å². The minimum absolute atomic E-state index is 0.782. The van der Waals surface area contributed by atoms with Crippen molar-refractivity contribution in [2.24, 2.45) is 0 Å². The smallest absolute Gasteiger partial charge is 0.145 e. The van der Waals surface area contributed by atoms with Gasteiger partial charge in [-0.05, 0) is 96.2 Å². The van der Waals surface area contributed by atoms with E-state index in [1.807, 2.05) is 36.7 Å². The lowest BCUT2D eigenvalue weighted by atomic mass is 10.0. The van der Waals surface area contributed by atoms with Crippen LogP contribution in [-0.2, 0) is 6.54 Å². The van der Waals surface area contributed by atoms with Gasteiger partial charge in [-0.1, -0.05) is 54.6 Å². The highest BCUT2D eigenvalue weighted by Crippen LogP contribution is 2.35. The van der Waals surface area contributed by atoms with Gasteiger partial charge in [-0.2, -0.15) is 0 Å². The molecule has 0 radical (unpaired) electrons. The van der Waals surface area contributed by atoms with E-state index >= 15 is 0 Å². The quantitative estimate of drug-likeness (QED) is 0.202. The topological polar surface area (TPSA) is 73.5 Å². The number of para-hydroxylation sites is 2. The third kappa shape index (κ3) is 4.52. The number of rotatable bonds is 5. The molecule has 1 aliphatic heterocycles. The van der Waals surface area contributed by atoms with Gasteiger partial charge in [0.05, 0.1) is 33.8 Å². The monoisotopic (exact) mass is 643 g/mol. The number of hydrogen-bond donors (Lipinski definition) is 1. The second kappa shape index (κ2) is 11.4. The Morgan fingerprint density at radius 2 is 1.30 bits per heavy atom. The number of fused-ring (bicyclic) bond motifs is 6. The predicted octanol–water partition coefficient (Wildman–Crippen LogP) is 9.38. The van der Waals surface area contributed by atoms with E-state index in [9.17, 15) is 0 Å². The summed E-state index contributed by atoms with van der Waals surface area (Å²) in [6.07, 6.45) is 9.61. The average Bonchev–Trinajstić information content (AvgIpc) is 3.71. The van der Waals surface area contributed by atoms with Crippen LogP contribution in [0.4, 0.5) is 0 Å². The summed E-state index contributed by atoms with van der Waals surface area (Å²) < 4.78 is 4.49. The SMILES string of the molecule is C1=Cc2c(c3ccccc3n2-c2cccc(-c3cc(-c4ccc(-n5c6ccccc6c6cccnc65)cc4)cc(-c4ccncc4)n3)n2)CN1. The Morgan fingerprint density at radius 1 is 0.540 bits per heavy atom. The summed E-state index contributed by atoms with van der Waals surface area (Å²) in [6, 6.07) is 44.3. The Morgan fingerprint density at radius 3 is 2.16 bits per heavy atom. The van der Waals surface area contributed by atoms with Crippen LogP contribution < -0.4 is 5.32 Å². The number of aromatic nitrogens is 6. The molecular weight excluding hydrogens is 615 g/mol. The Kier molecular flexibility index (Phi) is 6.42. The van der Waals surface area contributed by atoms with Crippen LogP contribution in [0, 0.1) is 0 Å². The first-order valence-corrected chi connectivity index (χ1v) is 16.7. The molecule has 7 heteroatoms. The van der Waals surface area contributed by atoms with Crippen LogP contribution in [0.1, 0.15) is 11.3 Å². The van der Waals surface area contributed by atoms with Crippen molar-refractivity contribution in [3.05, 3.63) is 163 Å². The molecule has 6 aromatic heterocycles. The summed E-state index contributed by atoms with van der Waals surface area (Å²) in [5.41, 5.74) is 12.3. The highest BCUT2D eigenvalue weighted by Gasteiger charge is 2.20. The molecule has 7 nitrogen and oxygen atoms in total. The molecule has 0 aliphatic carbocycles. The van der Waals surface area contributed by atoms with Gasteiger partial charge in [0, 0.05) is 58.1 Å². The predicted molar refractivity (Wildman–Crippen MR) is 201 cm³/mol. The molecule has 9 aromatic rings. The number of benzene rings is 3. The van der Waals surface area contributed by atoms with Crippen LogP contribution in [0.3, 0.4) is 0 Å². The van der Waals surface area contributed by atoms with Crippen LogP contribution in [0.15, 0.2) is 152 Å². The van der Waals surface area contributed by atoms with Gasteiger partial charge in [-0.15, -0.1) is 0 Å². The van der Waals surface area contributed by atoms with Gasteiger partial charge < -0.3 is 5.32 Å². The number of hydrogen-bond acceptors (Lipinski definition) is 5. The standard InChI is InChI=1S/C43H29N7/c1-3-11-39-32(7-1)34-9-6-21-46-43(34)49(39)31-16-14-28(15-17-31)30-25-37(29-18-22-44-23-19-29)47-38(26-30)36-10-5-13-42(48-36)50-40-12-4-2-8-33(40)35-27-45-24-20-41(35)50/h1-26,45H,27H2. The minimum Gasteiger partial charge on any atom is -0.387 e. The van der Waals surface area contributed by atoms with Gasteiger partial charge in [0.15, 0.2) is 0 Å². The van der Waals surface area contributed by atoms with Crippen LogP contribution in [0.5, 0.6) is 0 Å². The van der Waals surface area contributed by atoms with Crippen molar-refractivity contribution in [1.82, 2.24) is 34.4 Å². The molecule has 0 atom stereocenters. The Bertz CT molecular complexity index is 2700. The molecule has 3 aromatic carbocycles. The maximum atomic E-state index is 5.24. The molecule has 0 bridgehead atoms. The molecule has 0 unspecified atom stereocenters. The summed E-state index contributed by atoms with van der Waals surface area (Å²) in [6.45, 7) is 0.782. The second-order valence-electron chi connectivity index (χ2n) is 12.4. The first-order valence-electron chi connectivity index (χ1n) is 16.7. The van der Waals surface area contributed by atoms with Crippen LogP contribution in [0.2, 0.25) is 0 Å². The van der Waals surface area contributed by atoms with E-state index in [0.29, 0.717) is 0 Å². The number of pyridine rings is 4. The van der Waals surface area contributed by atoms with Gasteiger partial charge >= 0.3 is 0 Å². The third-order valence-corrected chi connectivity index (χ3v) is 9.58. The highest BCUT2D eigenvalue weighted by atomic mass is 15.1. The highest BCUT2D eigenvalue weighted by molar-refractivity contribution is 6.07. The van der Waals surface area contributed by atoms with Gasteiger partial charge in [0.25, 0.3) is 0 Å². The summed E-state index contributed by atoms with van der Waals surface area (Å²) >= 11 is 0. The van der Waals surface area contributed by atoms with E-state index in [0.717, 1.165) is 79.6 Å². The van der Waals surface area contributed by atoms with Gasteiger partial charge in [-0.3, -0.25) is 14.1 Å². The fourth-order valence-corrected chi connectivity index (χ4v) is 7.28. The molecule has 1 aliphatic rings. The molecule has 0 spiro atoms. The van der Waals surface area contributed by atoms with Crippen molar-refractivity contribution in [2.45, 2.75) is 6.54 Å². The van der Waals surface area contributed by atoms with Crippen molar-refractivity contribution in [2.75, 3.05) is 0 Å². The summed E-state index contributed by atoms with van der Waals surface area (Å²) in [5, 5.41) is 6.93. The van der Waals surface area contributed by atoms with E-state index in [2.05, 4.69) is 129 Å². The minimum atomic E-state index is 0.782. The summed E-state index contributed by atoms with van der Waals surface area (Å²) in [4.78, 5) is 19.4. The lowest BCUT2D eigenvalue weighted by molar-refractivity contribution is 0.852. The van der Waals surface area contributed by atoms with Crippen LogP contribution in [-0.4, -0.2) is 29.1 Å². The third-order valence-electron chi connectivity index (χ3n) is 9.58. The zero-order chi connectivity index (χ0) is 33.0. The molecule has 0 saturated heterocycles. The molecule has 1 N–H and O–H groups in total. The van der Waals surface area contributed by atoms with Crippen molar-refractivity contribution in [3.63, 3.8) is 0 Å². The molecule has 10 rings (SSSR count). The molecule has 50 heavy (non-hydrogen) atoms. The van der Waals surface area contributed by atoms with Gasteiger partial charge in [0.2, 0.25) is 0 Å². The lowest BCUT2D eigenvalue weighted by Crippen LogP contribution is -2.11. The fourth-order valence-electron chi connectivity index (χ4n) is 7.28. The molecular formula is C43H29N7. The Labute approximate surface area is 287 Å². The van der Waals surface area contributed by atoms with Crippen molar-refractivity contribution in [1.29, 1.82) is 0 Å². The molecule has 0 fully saturated rings. The maximum Gasteiger partial charge on any atom is 0.145 e.